The number of carbonyl (C=O) groups is 1. The molecule has 0 spiro atoms. The van der Waals surface area contributed by atoms with E-state index in [2.05, 4.69) is 4.98 Å². The maximum absolute atomic E-state index is 12.8. The van der Waals surface area contributed by atoms with Crippen LogP contribution < -0.4 is 5.73 Å². The third kappa shape index (κ3) is 3.57. The van der Waals surface area contributed by atoms with E-state index in [4.69, 9.17) is 22.7 Å². The number of aromatic nitrogens is 1. The average molecular weight is 307 g/mol. The van der Waals surface area contributed by atoms with Gasteiger partial charge in [-0.25, -0.2) is 0 Å². The van der Waals surface area contributed by atoms with Crippen LogP contribution in [0.25, 0.3) is 0 Å². The summed E-state index contributed by atoms with van der Waals surface area (Å²) >= 11 is 5.17. The van der Waals surface area contributed by atoms with E-state index >= 15 is 0 Å². The van der Waals surface area contributed by atoms with E-state index in [1.165, 1.54) is 0 Å². The number of hydrogen-bond donors (Lipinski definition) is 1. The molecule has 0 aliphatic carbocycles. The minimum atomic E-state index is -0.736. The minimum Gasteiger partial charge on any atom is -0.392 e. The molecule has 1 saturated heterocycles. The lowest BCUT2D eigenvalue weighted by Gasteiger charge is -2.37. The molecule has 1 aliphatic heterocycles. The Morgan fingerprint density at radius 3 is 2.62 bits per heavy atom. The fraction of sp³-hybridized carbons (Fsp3) is 0.533. The van der Waals surface area contributed by atoms with Gasteiger partial charge in [0.2, 0.25) is 5.91 Å². The molecule has 0 atom stereocenters. The number of likely N-dealkylation sites (N-methyl/N-ethyl adjacent to an activating group) is 1. The molecule has 2 heterocycles. The maximum atomic E-state index is 12.8. The van der Waals surface area contributed by atoms with Crippen molar-refractivity contribution in [2.24, 2.45) is 11.1 Å². The van der Waals surface area contributed by atoms with Gasteiger partial charge in [-0.3, -0.25) is 9.78 Å². The highest BCUT2D eigenvalue weighted by Gasteiger charge is 2.44. The zero-order chi connectivity index (χ0) is 15.3. The molecule has 1 amide bonds. The summed E-state index contributed by atoms with van der Waals surface area (Å²) in [5.41, 5.74) is 6.29. The molecule has 0 saturated carbocycles. The van der Waals surface area contributed by atoms with Gasteiger partial charge in [0.15, 0.2) is 0 Å². The highest BCUT2D eigenvalue weighted by atomic mass is 32.1. The van der Waals surface area contributed by atoms with Crippen molar-refractivity contribution in [3.63, 3.8) is 0 Å². The zero-order valence-electron chi connectivity index (χ0n) is 12.2. The largest absolute Gasteiger partial charge is 0.392 e. The fourth-order valence-corrected chi connectivity index (χ4v) is 2.89. The topological polar surface area (TPSA) is 68.5 Å². The number of nitrogens with two attached hydrogens (primary N) is 1. The molecule has 5 nitrogen and oxygen atoms in total. The first-order valence-electron chi connectivity index (χ1n) is 7.08. The van der Waals surface area contributed by atoms with Gasteiger partial charge in [0, 0.05) is 39.2 Å². The smallest absolute Gasteiger partial charge is 0.235 e. The third-order valence-electron chi connectivity index (χ3n) is 4.06. The van der Waals surface area contributed by atoms with Crippen LogP contribution in [0.1, 0.15) is 18.4 Å². The summed E-state index contributed by atoms with van der Waals surface area (Å²) in [6.07, 6.45) is 5.44. The Morgan fingerprint density at radius 2 is 2.05 bits per heavy atom. The summed E-state index contributed by atoms with van der Waals surface area (Å²) in [6.45, 7) is 1.69. The molecular weight excluding hydrogens is 286 g/mol. The van der Waals surface area contributed by atoms with Crippen molar-refractivity contribution in [3.8, 4) is 0 Å². The second-order valence-electron chi connectivity index (χ2n) is 5.39. The zero-order valence-corrected chi connectivity index (χ0v) is 13.1. The number of nitrogens with zero attached hydrogens (tertiary/aromatic N) is 2. The summed E-state index contributed by atoms with van der Waals surface area (Å²) in [5.74, 6) is 0.00681. The fourth-order valence-electron chi connectivity index (χ4n) is 2.60. The molecule has 0 unspecified atom stereocenters. The Kier molecular flexibility index (Phi) is 5.25. The predicted molar refractivity (Wildman–Crippen MR) is 84.8 cm³/mol. The lowest BCUT2D eigenvalue weighted by Crippen LogP contribution is -2.52. The van der Waals surface area contributed by atoms with E-state index in [0.29, 0.717) is 32.6 Å². The molecule has 21 heavy (non-hydrogen) atoms. The number of rotatable bonds is 5. The molecule has 114 valence electrons. The Hall–Kier alpha value is -1.53. The van der Waals surface area contributed by atoms with Crippen LogP contribution in [0, 0.1) is 5.41 Å². The van der Waals surface area contributed by atoms with Crippen LogP contribution in [-0.4, -0.2) is 47.6 Å². The Balaban J connectivity index is 2.01. The summed E-state index contributed by atoms with van der Waals surface area (Å²) in [6, 6.07) is 3.91. The molecule has 0 aromatic carbocycles. The Morgan fingerprint density at radius 1 is 1.43 bits per heavy atom. The first-order chi connectivity index (χ1) is 10.1. The van der Waals surface area contributed by atoms with Gasteiger partial charge in [-0.05, 0) is 37.0 Å². The molecule has 2 N–H and O–H groups in total. The standard InChI is InChI=1S/C15H21N3O2S/c1-18(9-4-12-2-7-17-8-3-12)14(19)15(13(16)21)5-10-20-11-6-15/h2-3,7-8H,4-6,9-11H2,1H3,(H2,16,21). The van der Waals surface area contributed by atoms with E-state index in [9.17, 15) is 4.79 Å². The van der Waals surface area contributed by atoms with Gasteiger partial charge in [-0.2, -0.15) is 0 Å². The SMILES string of the molecule is CN(CCc1ccncc1)C(=O)C1(C(N)=S)CCOCC1. The lowest BCUT2D eigenvalue weighted by molar-refractivity contribution is -0.141. The van der Waals surface area contributed by atoms with Gasteiger partial charge in [-0.1, -0.05) is 12.2 Å². The van der Waals surface area contributed by atoms with Crippen molar-refractivity contribution in [2.45, 2.75) is 19.3 Å². The van der Waals surface area contributed by atoms with Crippen LogP contribution in [0.5, 0.6) is 0 Å². The maximum Gasteiger partial charge on any atom is 0.235 e. The van der Waals surface area contributed by atoms with Crippen molar-refractivity contribution in [2.75, 3.05) is 26.8 Å². The summed E-state index contributed by atoms with van der Waals surface area (Å²) in [7, 11) is 1.80. The second kappa shape index (κ2) is 6.95. The van der Waals surface area contributed by atoms with Gasteiger partial charge < -0.3 is 15.4 Å². The molecule has 2 rings (SSSR count). The van der Waals surface area contributed by atoms with Gasteiger partial charge in [0.1, 0.15) is 5.41 Å². The number of amides is 1. The van der Waals surface area contributed by atoms with Crippen molar-refractivity contribution in [3.05, 3.63) is 30.1 Å². The summed E-state index contributed by atoms with van der Waals surface area (Å²) in [5, 5.41) is 0. The van der Waals surface area contributed by atoms with Crippen molar-refractivity contribution >= 4 is 23.1 Å². The second-order valence-corrected chi connectivity index (χ2v) is 5.83. The molecular formula is C15H21N3O2S. The van der Waals surface area contributed by atoms with E-state index in [1.54, 1.807) is 24.3 Å². The van der Waals surface area contributed by atoms with Gasteiger partial charge >= 0.3 is 0 Å². The van der Waals surface area contributed by atoms with Crippen LogP contribution >= 0.6 is 12.2 Å². The number of hydrogen-bond acceptors (Lipinski definition) is 4. The van der Waals surface area contributed by atoms with Crippen LogP contribution in [0.3, 0.4) is 0 Å². The average Bonchev–Trinajstić information content (AvgIpc) is 2.53. The molecule has 0 bridgehead atoms. The third-order valence-corrected chi connectivity index (χ3v) is 4.45. The van der Waals surface area contributed by atoms with Crippen LogP contribution in [0.4, 0.5) is 0 Å². The number of pyridine rings is 1. The monoisotopic (exact) mass is 307 g/mol. The van der Waals surface area contributed by atoms with E-state index < -0.39 is 5.41 Å². The quantitative estimate of drug-likeness (QED) is 0.827. The van der Waals surface area contributed by atoms with E-state index in [0.717, 1.165) is 12.0 Å². The van der Waals surface area contributed by atoms with E-state index in [1.807, 2.05) is 12.1 Å². The van der Waals surface area contributed by atoms with Gasteiger partial charge in [0.05, 0.1) is 4.99 Å². The van der Waals surface area contributed by atoms with Crippen molar-refractivity contribution in [1.82, 2.24) is 9.88 Å². The van der Waals surface area contributed by atoms with Gasteiger partial charge in [-0.15, -0.1) is 0 Å². The molecule has 1 aliphatic rings. The predicted octanol–water partition coefficient (Wildman–Crippen LogP) is 1.17. The summed E-state index contributed by atoms with van der Waals surface area (Å²) in [4.78, 5) is 18.8. The lowest BCUT2D eigenvalue weighted by atomic mass is 9.78. The van der Waals surface area contributed by atoms with Crippen LogP contribution in [-0.2, 0) is 16.0 Å². The number of thiocarbonyl (C=S) groups is 1. The van der Waals surface area contributed by atoms with Crippen LogP contribution in [0.2, 0.25) is 0 Å². The molecule has 1 fully saturated rings. The first kappa shape index (κ1) is 15.9. The number of ether oxygens (including phenoxy) is 1. The van der Waals surface area contributed by atoms with Crippen LogP contribution in [0.15, 0.2) is 24.5 Å². The normalized spacial score (nSPS) is 17.2. The number of carbonyl (C=O) groups excluding carboxylic acids is 1. The van der Waals surface area contributed by atoms with E-state index in [-0.39, 0.29) is 10.9 Å². The molecule has 6 heteroatoms. The Bertz CT molecular complexity index is 501. The highest BCUT2D eigenvalue weighted by Crippen LogP contribution is 2.33. The molecule has 0 radical (unpaired) electrons. The highest BCUT2D eigenvalue weighted by molar-refractivity contribution is 7.80. The molecule has 1 aromatic rings. The minimum absolute atomic E-state index is 0.00681. The van der Waals surface area contributed by atoms with Gasteiger partial charge in [0.25, 0.3) is 0 Å². The Labute approximate surface area is 130 Å². The molecule has 1 aromatic heterocycles. The first-order valence-corrected chi connectivity index (χ1v) is 7.49. The van der Waals surface area contributed by atoms with Crippen molar-refractivity contribution < 1.29 is 9.53 Å². The van der Waals surface area contributed by atoms with Crippen molar-refractivity contribution in [1.29, 1.82) is 0 Å². The summed E-state index contributed by atoms with van der Waals surface area (Å²) < 4.78 is 5.34.